The molecule has 5 heteroatoms. The number of ketones is 1. The normalized spacial score (nSPS) is 12.8. The van der Waals surface area contributed by atoms with Crippen LogP contribution in [0.2, 0.25) is 0 Å². The smallest absolute Gasteiger partial charge is 0.161 e. The molecule has 0 aliphatic rings. The first-order valence-electron chi connectivity index (χ1n) is 4.22. The molecule has 0 rings (SSSR count). The van der Waals surface area contributed by atoms with Gasteiger partial charge in [0.1, 0.15) is 9.84 Å². The van der Waals surface area contributed by atoms with Crippen molar-refractivity contribution in [2.24, 2.45) is 5.73 Å². The molecule has 0 aliphatic carbocycles. The van der Waals surface area contributed by atoms with E-state index in [1.54, 1.807) is 6.92 Å². The molecule has 4 nitrogen and oxygen atoms in total. The average molecular weight is 217 g/mol. The maximum atomic E-state index is 11.2. The van der Waals surface area contributed by atoms with Crippen LogP contribution in [0.5, 0.6) is 0 Å². The van der Waals surface area contributed by atoms with Gasteiger partial charge in [0, 0.05) is 6.26 Å². The topological polar surface area (TPSA) is 77.2 Å². The lowest BCUT2D eigenvalue weighted by Crippen LogP contribution is -2.32. The van der Waals surface area contributed by atoms with Crippen LogP contribution in [0.4, 0.5) is 0 Å². The highest BCUT2D eigenvalue weighted by Crippen LogP contribution is 1.97. The van der Waals surface area contributed by atoms with E-state index in [1.807, 2.05) is 0 Å². The molecule has 0 saturated carbocycles. The van der Waals surface area contributed by atoms with Gasteiger partial charge in [-0.2, -0.15) is 0 Å². The fourth-order valence-electron chi connectivity index (χ4n) is 0.809. The summed E-state index contributed by atoms with van der Waals surface area (Å²) in [7, 11) is -3.04. The van der Waals surface area contributed by atoms with Gasteiger partial charge in [-0.25, -0.2) is 8.42 Å². The monoisotopic (exact) mass is 217 g/mol. The molecule has 0 radical (unpaired) electrons. The molecule has 0 aliphatic heterocycles. The molecule has 0 bridgehead atoms. The standard InChI is InChI=1S/C9H15NO3S/c1-3-4-5-9(11)8(10)6-7-14(2,12)13/h8H,5-7,10H2,1-2H3. The van der Waals surface area contributed by atoms with Crippen molar-refractivity contribution in [1.29, 1.82) is 0 Å². The fraction of sp³-hybridized carbons (Fsp3) is 0.667. The second-order valence-electron chi connectivity index (χ2n) is 3.09. The zero-order chi connectivity index (χ0) is 11.2. The molecule has 1 unspecified atom stereocenters. The van der Waals surface area contributed by atoms with E-state index in [2.05, 4.69) is 11.8 Å². The largest absolute Gasteiger partial charge is 0.321 e. The summed E-state index contributed by atoms with van der Waals surface area (Å²) in [4.78, 5) is 11.2. The summed E-state index contributed by atoms with van der Waals surface area (Å²) in [6.45, 7) is 1.63. The van der Waals surface area contributed by atoms with Gasteiger partial charge in [0.05, 0.1) is 18.2 Å². The molecule has 14 heavy (non-hydrogen) atoms. The lowest BCUT2D eigenvalue weighted by molar-refractivity contribution is -0.119. The van der Waals surface area contributed by atoms with Crippen molar-refractivity contribution >= 4 is 15.6 Å². The van der Waals surface area contributed by atoms with E-state index in [4.69, 9.17) is 5.73 Å². The van der Waals surface area contributed by atoms with Crippen LogP contribution in [0, 0.1) is 11.8 Å². The number of rotatable bonds is 5. The van der Waals surface area contributed by atoms with Gasteiger partial charge < -0.3 is 5.73 Å². The molecule has 1 atom stereocenters. The van der Waals surface area contributed by atoms with E-state index in [-0.39, 0.29) is 24.4 Å². The molecule has 2 N–H and O–H groups in total. The Morgan fingerprint density at radius 1 is 1.50 bits per heavy atom. The van der Waals surface area contributed by atoms with Crippen LogP contribution >= 0.6 is 0 Å². The first-order chi connectivity index (χ1) is 6.37. The Kier molecular flexibility index (Phi) is 5.43. The summed E-state index contributed by atoms with van der Waals surface area (Å²) in [5.41, 5.74) is 5.48. The van der Waals surface area contributed by atoms with Crippen LogP contribution in [0.1, 0.15) is 19.8 Å². The molecule has 0 amide bonds. The Hall–Kier alpha value is -0.860. The molecular weight excluding hydrogens is 202 g/mol. The Labute approximate surface area is 84.8 Å². The van der Waals surface area contributed by atoms with E-state index < -0.39 is 15.9 Å². The minimum Gasteiger partial charge on any atom is -0.321 e. The first kappa shape index (κ1) is 13.1. The summed E-state index contributed by atoms with van der Waals surface area (Å²) < 4.78 is 21.6. The van der Waals surface area contributed by atoms with Crippen LogP contribution in [-0.2, 0) is 14.6 Å². The molecular formula is C9H15NO3S. The van der Waals surface area contributed by atoms with Crippen molar-refractivity contribution in [2.45, 2.75) is 25.8 Å². The van der Waals surface area contributed by atoms with E-state index in [0.717, 1.165) is 6.26 Å². The number of hydrogen-bond acceptors (Lipinski definition) is 4. The highest BCUT2D eigenvalue weighted by molar-refractivity contribution is 7.90. The van der Waals surface area contributed by atoms with Gasteiger partial charge >= 0.3 is 0 Å². The molecule has 0 aromatic rings. The zero-order valence-electron chi connectivity index (χ0n) is 8.41. The average Bonchev–Trinajstić information content (AvgIpc) is 2.09. The van der Waals surface area contributed by atoms with E-state index >= 15 is 0 Å². The van der Waals surface area contributed by atoms with Crippen molar-refractivity contribution in [3.63, 3.8) is 0 Å². The SMILES string of the molecule is CC#CCC(=O)C(N)CCS(C)(=O)=O. The molecule has 0 fully saturated rings. The summed E-state index contributed by atoms with van der Waals surface area (Å²) in [5, 5.41) is 0. The van der Waals surface area contributed by atoms with Gasteiger partial charge in [0.2, 0.25) is 0 Å². The number of carbonyl (C=O) groups is 1. The molecule has 0 aromatic heterocycles. The van der Waals surface area contributed by atoms with Crippen molar-refractivity contribution in [3.8, 4) is 11.8 Å². The molecule has 0 saturated heterocycles. The molecule has 0 heterocycles. The first-order valence-corrected chi connectivity index (χ1v) is 6.28. The second kappa shape index (κ2) is 5.78. The van der Waals surface area contributed by atoms with Crippen LogP contribution in [0.3, 0.4) is 0 Å². The third kappa shape index (κ3) is 6.63. The van der Waals surface area contributed by atoms with Gasteiger partial charge in [-0.1, -0.05) is 5.92 Å². The minimum atomic E-state index is -3.04. The second-order valence-corrected chi connectivity index (χ2v) is 5.35. The maximum absolute atomic E-state index is 11.2. The minimum absolute atomic E-state index is 0.0561. The Morgan fingerprint density at radius 3 is 2.50 bits per heavy atom. The van der Waals surface area contributed by atoms with E-state index in [9.17, 15) is 13.2 Å². The summed E-state index contributed by atoms with van der Waals surface area (Å²) >= 11 is 0. The van der Waals surface area contributed by atoms with Crippen LogP contribution < -0.4 is 5.73 Å². The number of Topliss-reactive ketones (excluding diaryl/α,β-unsaturated/α-hetero) is 1. The quantitative estimate of drug-likeness (QED) is 0.643. The summed E-state index contributed by atoms with van der Waals surface area (Å²) in [6, 6.07) is -0.717. The number of sulfone groups is 1. The van der Waals surface area contributed by atoms with Crippen molar-refractivity contribution in [1.82, 2.24) is 0 Å². The Morgan fingerprint density at radius 2 is 2.07 bits per heavy atom. The van der Waals surface area contributed by atoms with Crippen LogP contribution in [0.25, 0.3) is 0 Å². The maximum Gasteiger partial charge on any atom is 0.161 e. The molecule has 0 spiro atoms. The third-order valence-electron chi connectivity index (χ3n) is 1.65. The zero-order valence-corrected chi connectivity index (χ0v) is 9.23. The van der Waals surface area contributed by atoms with E-state index in [1.165, 1.54) is 0 Å². The highest BCUT2D eigenvalue weighted by atomic mass is 32.2. The molecule has 80 valence electrons. The van der Waals surface area contributed by atoms with Crippen LogP contribution in [-0.4, -0.2) is 32.3 Å². The van der Waals surface area contributed by atoms with Crippen molar-refractivity contribution in [3.05, 3.63) is 0 Å². The summed E-state index contributed by atoms with van der Waals surface area (Å²) in [6.07, 6.45) is 1.39. The fourth-order valence-corrected chi connectivity index (χ4v) is 1.49. The van der Waals surface area contributed by atoms with Gasteiger partial charge in [-0.3, -0.25) is 4.79 Å². The highest BCUT2D eigenvalue weighted by Gasteiger charge is 2.14. The third-order valence-corrected chi connectivity index (χ3v) is 2.63. The lowest BCUT2D eigenvalue weighted by Gasteiger charge is -2.06. The number of nitrogens with two attached hydrogens (primary N) is 1. The van der Waals surface area contributed by atoms with Gasteiger partial charge in [0.15, 0.2) is 5.78 Å². The number of hydrogen-bond donors (Lipinski definition) is 1. The number of carbonyl (C=O) groups excluding carboxylic acids is 1. The predicted octanol–water partition coefficient (Wildman–Crippen LogP) is -0.269. The van der Waals surface area contributed by atoms with Crippen LogP contribution in [0.15, 0.2) is 0 Å². The van der Waals surface area contributed by atoms with Crippen molar-refractivity contribution in [2.75, 3.05) is 12.0 Å². The van der Waals surface area contributed by atoms with E-state index in [0.29, 0.717) is 0 Å². The Balaban J connectivity index is 4.00. The van der Waals surface area contributed by atoms with Crippen molar-refractivity contribution < 1.29 is 13.2 Å². The van der Waals surface area contributed by atoms with Gasteiger partial charge in [0.25, 0.3) is 0 Å². The predicted molar refractivity (Wildman–Crippen MR) is 55.4 cm³/mol. The summed E-state index contributed by atoms with van der Waals surface area (Å²) in [5.74, 6) is 4.92. The Bertz CT molecular complexity index is 348. The van der Waals surface area contributed by atoms with Gasteiger partial charge in [-0.05, 0) is 13.3 Å². The molecule has 0 aromatic carbocycles. The van der Waals surface area contributed by atoms with Gasteiger partial charge in [-0.15, -0.1) is 5.92 Å². The lowest BCUT2D eigenvalue weighted by atomic mass is 10.1.